The zero-order valence-electron chi connectivity index (χ0n) is 16.0. The van der Waals surface area contributed by atoms with Crippen molar-refractivity contribution in [2.75, 3.05) is 16.4 Å². The van der Waals surface area contributed by atoms with Crippen LogP contribution in [0.1, 0.15) is 27.6 Å². The van der Waals surface area contributed by atoms with Crippen LogP contribution in [0, 0.1) is 10.1 Å². The number of rotatable bonds is 8. The van der Waals surface area contributed by atoms with Gasteiger partial charge < -0.3 is 5.32 Å². The molecule has 31 heavy (non-hydrogen) atoms. The first-order valence-corrected chi connectivity index (χ1v) is 10.5. The molecule has 0 fully saturated rings. The standard InChI is InChI=1S/C19H15N5O5S2/c1-11(25)12-5-7-14(8-6-12)20-16(26)10-30-19-23-22-18(31-19)21-17(27)13-3-2-4-15(9-13)24(28)29/h2-9H,10H2,1H3,(H,20,26)(H,21,22,27). The van der Waals surface area contributed by atoms with Gasteiger partial charge in [-0.3, -0.25) is 29.8 Å². The zero-order valence-corrected chi connectivity index (χ0v) is 17.7. The van der Waals surface area contributed by atoms with E-state index in [1.54, 1.807) is 24.3 Å². The number of nitrogens with one attached hydrogen (secondary N) is 2. The Kier molecular flexibility index (Phi) is 7.05. The fourth-order valence-electron chi connectivity index (χ4n) is 2.36. The van der Waals surface area contributed by atoms with Crippen LogP contribution in [0.25, 0.3) is 0 Å². The van der Waals surface area contributed by atoms with Crippen LogP contribution in [0.5, 0.6) is 0 Å². The van der Waals surface area contributed by atoms with Crippen molar-refractivity contribution in [1.29, 1.82) is 0 Å². The van der Waals surface area contributed by atoms with Crippen molar-refractivity contribution in [1.82, 2.24) is 10.2 Å². The second-order valence-electron chi connectivity index (χ2n) is 6.11. The van der Waals surface area contributed by atoms with Gasteiger partial charge in [0.15, 0.2) is 10.1 Å². The van der Waals surface area contributed by atoms with Crippen molar-refractivity contribution in [2.24, 2.45) is 0 Å². The molecule has 12 heteroatoms. The van der Waals surface area contributed by atoms with Crippen LogP contribution in [0.4, 0.5) is 16.5 Å². The summed E-state index contributed by atoms with van der Waals surface area (Å²) >= 11 is 2.22. The van der Waals surface area contributed by atoms with Crippen molar-refractivity contribution in [3.05, 3.63) is 69.8 Å². The Morgan fingerprint density at radius 3 is 2.48 bits per heavy atom. The molecule has 2 N–H and O–H groups in total. The van der Waals surface area contributed by atoms with E-state index in [0.29, 0.717) is 15.6 Å². The predicted molar refractivity (Wildman–Crippen MR) is 117 cm³/mol. The molecule has 2 aromatic carbocycles. The first-order valence-electron chi connectivity index (χ1n) is 8.75. The molecule has 0 aliphatic carbocycles. The number of nitrogens with zero attached hydrogens (tertiary/aromatic N) is 3. The molecule has 0 atom stereocenters. The number of Topliss-reactive ketones (excluding diaryl/α,β-unsaturated/α-hetero) is 1. The van der Waals surface area contributed by atoms with Gasteiger partial charge >= 0.3 is 0 Å². The van der Waals surface area contributed by atoms with Gasteiger partial charge in [-0.2, -0.15) is 0 Å². The molecular formula is C19H15N5O5S2. The summed E-state index contributed by atoms with van der Waals surface area (Å²) < 4.78 is 0.469. The molecule has 0 aliphatic heterocycles. The summed E-state index contributed by atoms with van der Waals surface area (Å²) in [5, 5.41) is 24.0. The van der Waals surface area contributed by atoms with Crippen LogP contribution in [0.2, 0.25) is 0 Å². The quantitative estimate of drug-likeness (QED) is 0.171. The average Bonchev–Trinajstić information content (AvgIpc) is 3.20. The van der Waals surface area contributed by atoms with E-state index >= 15 is 0 Å². The zero-order chi connectivity index (χ0) is 22.4. The number of nitro groups is 1. The number of aromatic nitrogens is 2. The van der Waals surface area contributed by atoms with Crippen LogP contribution < -0.4 is 10.6 Å². The van der Waals surface area contributed by atoms with Crippen LogP contribution in [0.15, 0.2) is 52.9 Å². The second kappa shape index (κ2) is 9.91. The summed E-state index contributed by atoms with van der Waals surface area (Å²) in [5.74, 6) is -0.804. The van der Waals surface area contributed by atoms with Gasteiger partial charge in [0.25, 0.3) is 11.6 Å². The summed E-state index contributed by atoms with van der Waals surface area (Å²) in [7, 11) is 0. The lowest BCUT2D eigenvalue weighted by atomic mass is 10.1. The number of amides is 2. The Morgan fingerprint density at radius 2 is 1.81 bits per heavy atom. The number of ketones is 1. The van der Waals surface area contributed by atoms with Crippen LogP contribution in [0.3, 0.4) is 0 Å². The van der Waals surface area contributed by atoms with E-state index in [-0.39, 0.29) is 33.8 Å². The van der Waals surface area contributed by atoms with E-state index in [1.807, 2.05) is 0 Å². The van der Waals surface area contributed by atoms with E-state index < -0.39 is 10.8 Å². The van der Waals surface area contributed by atoms with Gasteiger partial charge in [0.2, 0.25) is 11.0 Å². The molecule has 3 aromatic rings. The van der Waals surface area contributed by atoms with E-state index in [2.05, 4.69) is 20.8 Å². The predicted octanol–water partition coefficient (Wildman–Crippen LogP) is 3.63. The SMILES string of the molecule is CC(=O)c1ccc(NC(=O)CSc2nnc(NC(=O)c3cccc([N+](=O)[O-])c3)s2)cc1. The number of anilines is 2. The molecule has 0 unspecified atom stereocenters. The van der Waals surface area contributed by atoms with E-state index in [9.17, 15) is 24.5 Å². The van der Waals surface area contributed by atoms with Crippen molar-refractivity contribution in [3.8, 4) is 0 Å². The molecule has 1 heterocycles. The maximum absolute atomic E-state index is 12.2. The Hall–Kier alpha value is -3.64. The number of carbonyl (C=O) groups is 3. The molecule has 0 saturated heterocycles. The number of thioether (sulfide) groups is 1. The molecular weight excluding hydrogens is 442 g/mol. The summed E-state index contributed by atoms with van der Waals surface area (Å²) in [6, 6.07) is 11.9. The van der Waals surface area contributed by atoms with Crippen molar-refractivity contribution in [2.45, 2.75) is 11.3 Å². The van der Waals surface area contributed by atoms with E-state index in [0.717, 1.165) is 23.1 Å². The summed E-state index contributed by atoms with van der Waals surface area (Å²) in [4.78, 5) is 45.9. The number of nitro benzene ring substituents is 1. The minimum atomic E-state index is -0.584. The number of benzene rings is 2. The van der Waals surface area contributed by atoms with Crippen molar-refractivity contribution < 1.29 is 19.3 Å². The van der Waals surface area contributed by atoms with E-state index in [4.69, 9.17) is 0 Å². The summed E-state index contributed by atoms with van der Waals surface area (Å²) in [6.45, 7) is 1.46. The Balaban J connectivity index is 1.52. The first-order chi connectivity index (χ1) is 14.8. The normalized spacial score (nSPS) is 10.4. The molecule has 3 rings (SSSR count). The molecule has 0 saturated carbocycles. The first kappa shape index (κ1) is 22.1. The van der Waals surface area contributed by atoms with Gasteiger partial charge in [0.05, 0.1) is 10.7 Å². The van der Waals surface area contributed by atoms with E-state index in [1.165, 1.54) is 31.2 Å². The lowest BCUT2D eigenvalue weighted by Crippen LogP contribution is -2.14. The van der Waals surface area contributed by atoms with Gasteiger partial charge in [-0.05, 0) is 37.3 Å². The second-order valence-corrected chi connectivity index (χ2v) is 8.31. The fraction of sp³-hybridized carbons (Fsp3) is 0.105. The molecule has 0 spiro atoms. The number of carbonyl (C=O) groups excluding carboxylic acids is 3. The lowest BCUT2D eigenvalue weighted by Gasteiger charge is -2.04. The van der Waals surface area contributed by atoms with Crippen LogP contribution in [-0.4, -0.2) is 38.5 Å². The molecule has 0 aliphatic rings. The lowest BCUT2D eigenvalue weighted by molar-refractivity contribution is -0.384. The molecule has 1 aromatic heterocycles. The smallest absolute Gasteiger partial charge is 0.270 e. The number of hydrogen-bond acceptors (Lipinski definition) is 9. The molecule has 158 valence electrons. The van der Waals surface area contributed by atoms with Crippen LogP contribution >= 0.6 is 23.1 Å². The fourth-order valence-corrected chi connectivity index (χ4v) is 3.91. The average molecular weight is 457 g/mol. The monoisotopic (exact) mass is 457 g/mol. The number of hydrogen-bond donors (Lipinski definition) is 2. The minimum absolute atomic E-state index is 0.0573. The maximum Gasteiger partial charge on any atom is 0.270 e. The van der Waals surface area contributed by atoms with Crippen molar-refractivity contribution >= 4 is 57.2 Å². The largest absolute Gasteiger partial charge is 0.325 e. The highest BCUT2D eigenvalue weighted by Crippen LogP contribution is 2.26. The third-order valence-corrected chi connectivity index (χ3v) is 5.82. The highest BCUT2D eigenvalue weighted by Gasteiger charge is 2.14. The topological polar surface area (TPSA) is 144 Å². The van der Waals surface area contributed by atoms with Crippen LogP contribution in [-0.2, 0) is 4.79 Å². The van der Waals surface area contributed by atoms with Crippen molar-refractivity contribution in [3.63, 3.8) is 0 Å². The Labute approximate surface area is 184 Å². The highest BCUT2D eigenvalue weighted by atomic mass is 32.2. The van der Waals surface area contributed by atoms with Gasteiger partial charge in [-0.1, -0.05) is 29.2 Å². The minimum Gasteiger partial charge on any atom is -0.325 e. The van der Waals surface area contributed by atoms with Gasteiger partial charge in [0, 0.05) is 28.9 Å². The summed E-state index contributed by atoms with van der Waals surface area (Å²) in [5.41, 5.74) is 1.05. The third kappa shape index (κ3) is 6.17. The Morgan fingerprint density at radius 1 is 1.06 bits per heavy atom. The Bertz CT molecular complexity index is 1150. The summed E-state index contributed by atoms with van der Waals surface area (Å²) in [6.07, 6.45) is 0. The third-order valence-electron chi connectivity index (χ3n) is 3.85. The molecule has 0 radical (unpaired) electrons. The number of non-ortho nitro benzene ring substituents is 1. The van der Waals surface area contributed by atoms with Gasteiger partial charge in [0.1, 0.15) is 0 Å². The molecule has 10 nitrogen and oxygen atoms in total. The highest BCUT2D eigenvalue weighted by molar-refractivity contribution is 8.01. The van der Waals surface area contributed by atoms with Gasteiger partial charge in [-0.25, -0.2) is 0 Å². The van der Waals surface area contributed by atoms with Gasteiger partial charge in [-0.15, -0.1) is 10.2 Å². The molecule has 0 bridgehead atoms. The molecule has 2 amide bonds. The maximum atomic E-state index is 12.2.